The predicted octanol–water partition coefficient (Wildman–Crippen LogP) is 3.28. The summed E-state index contributed by atoms with van der Waals surface area (Å²) in [5.74, 6) is 0. The molecule has 0 radical (unpaired) electrons. The molecule has 1 aromatic heterocycles. The fraction of sp³-hybridized carbons (Fsp3) is 0.667. The van der Waals surface area contributed by atoms with Gasteiger partial charge in [-0.3, -0.25) is 4.98 Å². The number of pyridine rings is 1. The number of hydrogen-bond acceptors (Lipinski definition) is 3. The molecule has 0 aliphatic heterocycles. The summed E-state index contributed by atoms with van der Waals surface area (Å²) in [7, 11) is 0. The molecule has 18 heavy (non-hydrogen) atoms. The molecule has 1 aromatic rings. The highest BCUT2D eigenvalue weighted by atomic mass is 16.5. The van der Waals surface area contributed by atoms with Gasteiger partial charge in [0.25, 0.3) is 0 Å². The second kappa shape index (κ2) is 5.81. The van der Waals surface area contributed by atoms with Gasteiger partial charge in [-0.2, -0.15) is 0 Å². The molecule has 3 nitrogen and oxygen atoms in total. The van der Waals surface area contributed by atoms with Crippen molar-refractivity contribution in [1.29, 1.82) is 0 Å². The summed E-state index contributed by atoms with van der Waals surface area (Å²) in [6.07, 6.45) is 1.92. The van der Waals surface area contributed by atoms with Crippen LogP contribution in [0.15, 0.2) is 18.3 Å². The maximum absolute atomic E-state index is 5.69. The molecule has 0 amide bonds. The van der Waals surface area contributed by atoms with Crippen molar-refractivity contribution in [2.75, 3.05) is 0 Å². The quantitative estimate of drug-likeness (QED) is 0.890. The van der Waals surface area contributed by atoms with Crippen LogP contribution in [0, 0.1) is 0 Å². The Bertz CT molecular complexity index is 321. The van der Waals surface area contributed by atoms with Gasteiger partial charge in [0.05, 0.1) is 17.9 Å². The highest BCUT2D eigenvalue weighted by Gasteiger charge is 2.11. The lowest BCUT2D eigenvalue weighted by Crippen LogP contribution is -2.35. The SMILES string of the molecule is CC(C)(C)NCc1ccc(COC(C)(C)C)nc1. The minimum absolute atomic E-state index is 0.117. The van der Waals surface area contributed by atoms with Gasteiger partial charge in [-0.25, -0.2) is 0 Å². The van der Waals surface area contributed by atoms with Crippen molar-refractivity contribution in [3.63, 3.8) is 0 Å². The van der Waals surface area contributed by atoms with Crippen molar-refractivity contribution < 1.29 is 4.74 Å². The van der Waals surface area contributed by atoms with Crippen LogP contribution in [0.1, 0.15) is 52.8 Å². The first kappa shape index (κ1) is 15.1. The van der Waals surface area contributed by atoms with Crippen molar-refractivity contribution in [2.45, 2.75) is 65.8 Å². The van der Waals surface area contributed by atoms with Crippen LogP contribution in [0.2, 0.25) is 0 Å². The molecule has 1 N–H and O–H groups in total. The van der Waals surface area contributed by atoms with Crippen LogP contribution in [0.5, 0.6) is 0 Å². The fourth-order valence-electron chi connectivity index (χ4n) is 1.30. The second-order valence-electron chi connectivity index (χ2n) is 6.66. The Morgan fingerprint density at radius 3 is 2.22 bits per heavy atom. The maximum Gasteiger partial charge on any atom is 0.0894 e. The van der Waals surface area contributed by atoms with Crippen molar-refractivity contribution in [3.05, 3.63) is 29.6 Å². The molecule has 1 heterocycles. The summed E-state index contributed by atoms with van der Waals surface area (Å²) >= 11 is 0. The van der Waals surface area contributed by atoms with E-state index < -0.39 is 0 Å². The van der Waals surface area contributed by atoms with Gasteiger partial charge in [-0.1, -0.05) is 6.07 Å². The van der Waals surface area contributed by atoms with Gasteiger partial charge < -0.3 is 10.1 Å². The minimum Gasteiger partial charge on any atom is -0.370 e. The van der Waals surface area contributed by atoms with E-state index in [0.717, 1.165) is 12.2 Å². The lowest BCUT2D eigenvalue weighted by atomic mass is 10.1. The lowest BCUT2D eigenvalue weighted by molar-refractivity contribution is -0.0164. The molecule has 0 atom stereocenters. The predicted molar refractivity (Wildman–Crippen MR) is 75.4 cm³/mol. The molecule has 0 bridgehead atoms. The van der Waals surface area contributed by atoms with E-state index in [1.54, 1.807) is 0 Å². The van der Waals surface area contributed by atoms with E-state index in [0.29, 0.717) is 6.61 Å². The summed E-state index contributed by atoms with van der Waals surface area (Å²) in [5.41, 5.74) is 2.19. The number of rotatable bonds is 4. The summed E-state index contributed by atoms with van der Waals surface area (Å²) in [6, 6.07) is 4.14. The first-order chi connectivity index (χ1) is 8.16. The Morgan fingerprint density at radius 1 is 1.11 bits per heavy atom. The monoisotopic (exact) mass is 250 g/mol. The van der Waals surface area contributed by atoms with Crippen LogP contribution in [-0.4, -0.2) is 16.1 Å². The average Bonchev–Trinajstić information content (AvgIpc) is 2.23. The van der Waals surface area contributed by atoms with Gasteiger partial charge in [0, 0.05) is 18.3 Å². The lowest BCUT2D eigenvalue weighted by Gasteiger charge is -2.21. The Labute approximate surface area is 111 Å². The van der Waals surface area contributed by atoms with Crippen molar-refractivity contribution >= 4 is 0 Å². The van der Waals surface area contributed by atoms with Gasteiger partial charge in [0.1, 0.15) is 0 Å². The normalized spacial score (nSPS) is 12.8. The van der Waals surface area contributed by atoms with E-state index >= 15 is 0 Å². The second-order valence-corrected chi connectivity index (χ2v) is 6.66. The van der Waals surface area contributed by atoms with Gasteiger partial charge in [0.15, 0.2) is 0 Å². The van der Waals surface area contributed by atoms with Gasteiger partial charge in [0.2, 0.25) is 0 Å². The number of ether oxygens (including phenoxy) is 1. The van der Waals surface area contributed by atoms with Crippen LogP contribution in [0.25, 0.3) is 0 Å². The molecule has 0 aliphatic carbocycles. The van der Waals surface area contributed by atoms with Crippen LogP contribution in [0.3, 0.4) is 0 Å². The number of hydrogen-bond donors (Lipinski definition) is 1. The Balaban J connectivity index is 2.48. The summed E-state index contributed by atoms with van der Waals surface area (Å²) < 4.78 is 5.69. The van der Waals surface area contributed by atoms with Crippen LogP contribution in [-0.2, 0) is 17.9 Å². The maximum atomic E-state index is 5.69. The van der Waals surface area contributed by atoms with E-state index in [-0.39, 0.29) is 11.1 Å². The molecule has 0 aromatic carbocycles. The van der Waals surface area contributed by atoms with Crippen molar-refractivity contribution in [3.8, 4) is 0 Å². The van der Waals surface area contributed by atoms with Crippen LogP contribution < -0.4 is 5.32 Å². The average molecular weight is 250 g/mol. The van der Waals surface area contributed by atoms with Crippen LogP contribution in [0.4, 0.5) is 0 Å². The molecule has 102 valence electrons. The highest BCUT2D eigenvalue weighted by Crippen LogP contribution is 2.11. The summed E-state index contributed by atoms with van der Waals surface area (Å²) in [5, 5.41) is 3.44. The smallest absolute Gasteiger partial charge is 0.0894 e. The third-order valence-electron chi connectivity index (χ3n) is 2.36. The van der Waals surface area contributed by atoms with E-state index in [2.05, 4.69) is 57.9 Å². The molecular formula is C15H26N2O. The van der Waals surface area contributed by atoms with E-state index in [1.807, 2.05) is 12.3 Å². The topological polar surface area (TPSA) is 34.1 Å². The van der Waals surface area contributed by atoms with Crippen molar-refractivity contribution in [1.82, 2.24) is 10.3 Å². The molecule has 0 unspecified atom stereocenters. The standard InChI is InChI=1S/C15H26N2O/c1-14(2,3)17-10-12-7-8-13(16-9-12)11-18-15(4,5)6/h7-9,17H,10-11H2,1-6H3. The van der Waals surface area contributed by atoms with Gasteiger partial charge in [-0.15, -0.1) is 0 Å². The number of nitrogens with zero attached hydrogens (tertiary/aromatic N) is 1. The molecular weight excluding hydrogens is 224 g/mol. The van der Waals surface area contributed by atoms with Crippen LogP contribution >= 0.6 is 0 Å². The largest absolute Gasteiger partial charge is 0.370 e. The fourth-order valence-corrected chi connectivity index (χ4v) is 1.30. The first-order valence-corrected chi connectivity index (χ1v) is 6.48. The zero-order chi connectivity index (χ0) is 13.8. The Morgan fingerprint density at radius 2 is 1.78 bits per heavy atom. The van der Waals surface area contributed by atoms with Gasteiger partial charge >= 0.3 is 0 Å². The first-order valence-electron chi connectivity index (χ1n) is 6.48. The molecule has 0 spiro atoms. The molecule has 0 aliphatic rings. The number of nitrogens with one attached hydrogen (secondary N) is 1. The number of aromatic nitrogens is 1. The summed E-state index contributed by atoms with van der Waals surface area (Å²) in [4.78, 5) is 4.42. The summed E-state index contributed by atoms with van der Waals surface area (Å²) in [6.45, 7) is 14.0. The van der Waals surface area contributed by atoms with E-state index in [1.165, 1.54) is 5.56 Å². The Hall–Kier alpha value is -0.930. The third kappa shape index (κ3) is 6.72. The molecule has 0 fully saturated rings. The Kier molecular flexibility index (Phi) is 4.88. The molecule has 0 saturated heterocycles. The molecule has 0 saturated carbocycles. The van der Waals surface area contributed by atoms with Crippen molar-refractivity contribution in [2.24, 2.45) is 0 Å². The zero-order valence-electron chi connectivity index (χ0n) is 12.5. The highest BCUT2D eigenvalue weighted by molar-refractivity contribution is 5.13. The van der Waals surface area contributed by atoms with E-state index in [9.17, 15) is 0 Å². The molecule has 3 heteroatoms. The minimum atomic E-state index is -0.117. The van der Waals surface area contributed by atoms with Gasteiger partial charge in [-0.05, 0) is 53.2 Å². The zero-order valence-corrected chi connectivity index (χ0v) is 12.5. The molecule has 1 rings (SSSR count). The van der Waals surface area contributed by atoms with E-state index in [4.69, 9.17) is 4.74 Å². The third-order valence-corrected chi connectivity index (χ3v) is 2.36.